The molecule has 0 aliphatic heterocycles. The van der Waals surface area contributed by atoms with Crippen molar-refractivity contribution in [2.24, 2.45) is 46.0 Å². The predicted molar refractivity (Wildman–Crippen MR) is 320 cm³/mol. The number of carbonyl (C=O) groups is 10. The second kappa shape index (κ2) is 36.1. The Morgan fingerprint density at radius 2 is 1.22 bits per heavy atom. The van der Waals surface area contributed by atoms with E-state index >= 15 is 0 Å². The molecule has 4 amide bonds. The number of carboxylic acids is 1. The number of aliphatic carboxylic acids is 1. The predicted octanol–water partition coefficient (Wildman–Crippen LogP) is 7.30. The van der Waals surface area contributed by atoms with Gasteiger partial charge >= 0.3 is 5.97 Å². The van der Waals surface area contributed by atoms with Gasteiger partial charge in [0.1, 0.15) is 23.4 Å². The number of rotatable bonds is 42. The number of carbonyl (C=O) groups excluding carboxylic acids is 9. The van der Waals surface area contributed by atoms with Crippen molar-refractivity contribution in [1.29, 1.82) is 0 Å². The van der Waals surface area contributed by atoms with E-state index in [1.54, 1.807) is 39.8 Å². The van der Waals surface area contributed by atoms with E-state index in [0.29, 0.717) is 77.2 Å². The molecule has 0 unspecified atom stereocenters. The topological polar surface area (TPSA) is 323 Å². The Kier molecular flexibility index (Phi) is 32.8. The van der Waals surface area contributed by atoms with Gasteiger partial charge in [-0.3, -0.25) is 43.2 Å². The van der Waals surface area contributed by atoms with Gasteiger partial charge in [-0.25, -0.2) is 0 Å². The maximum atomic E-state index is 14.4. The largest absolute Gasteiger partial charge is 0.508 e. The summed E-state index contributed by atoms with van der Waals surface area (Å²) in [5, 5.41) is 34.1. The summed E-state index contributed by atoms with van der Waals surface area (Å²) in [6, 6.07) is 1.14. The Bertz CT molecular complexity index is 2290. The molecule has 0 fully saturated rings. The molecule has 0 saturated heterocycles. The lowest BCUT2D eigenvalue weighted by molar-refractivity contribution is -0.143. The third-order valence-corrected chi connectivity index (χ3v) is 15.5. The van der Waals surface area contributed by atoms with E-state index in [2.05, 4.69) is 26.6 Å². The molecule has 0 saturated carbocycles. The first kappa shape index (κ1) is 74.4. The van der Waals surface area contributed by atoms with Gasteiger partial charge in [-0.1, -0.05) is 106 Å². The van der Waals surface area contributed by atoms with Crippen LogP contribution in [0.25, 0.3) is 0 Å². The summed E-state index contributed by atoms with van der Waals surface area (Å²) in [5.74, 6) is -7.67. The van der Waals surface area contributed by atoms with Crippen molar-refractivity contribution in [2.45, 2.75) is 248 Å². The fraction of sp³-hybridized carbons (Fsp3) is 0.714. The van der Waals surface area contributed by atoms with E-state index in [0.717, 1.165) is 5.56 Å². The van der Waals surface area contributed by atoms with Gasteiger partial charge in [0.05, 0.1) is 42.0 Å². The van der Waals surface area contributed by atoms with Crippen molar-refractivity contribution >= 4 is 58.5 Å². The van der Waals surface area contributed by atoms with E-state index in [-0.39, 0.29) is 66.5 Å². The molecule has 1 aromatic carbocycles. The van der Waals surface area contributed by atoms with Crippen LogP contribution < -0.4 is 38.1 Å². The molecule has 0 heterocycles. The molecule has 19 nitrogen and oxygen atoms in total. The fourth-order valence-electron chi connectivity index (χ4n) is 10.2. The number of ketones is 5. The van der Waals surface area contributed by atoms with Gasteiger partial charge in [-0.15, -0.1) is 0 Å². The molecule has 0 spiro atoms. The fourth-order valence-corrected chi connectivity index (χ4v) is 10.2. The van der Waals surface area contributed by atoms with Gasteiger partial charge in [0.2, 0.25) is 23.6 Å². The lowest BCUT2D eigenvalue weighted by atomic mass is 9.68. The van der Waals surface area contributed by atoms with Crippen molar-refractivity contribution in [1.82, 2.24) is 26.6 Å². The Morgan fingerprint density at radius 1 is 0.659 bits per heavy atom. The molecule has 1 aromatic rings. The van der Waals surface area contributed by atoms with Crippen LogP contribution in [0.2, 0.25) is 0 Å². The highest BCUT2D eigenvalue weighted by Crippen LogP contribution is 2.38. The average Bonchev–Trinajstić information content (AvgIpc) is 3.59. The molecule has 464 valence electrons. The highest BCUT2D eigenvalue weighted by molar-refractivity contribution is 5.99. The van der Waals surface area contributed by atoms with Crippen molar-refractivity contribution < 1.29 is 58.2 Å². The van der Waals surface area contributed by atoms with E-state index in [9.17, 15) is 58.2 Å². The normalized spacial score (nSPS) is 16.3. The number of hydrogen-bond acceptors (Lipinski definition) is 14. The number of aromatic hydroxyl groups is 1. The second-order valence-electron chi connectivity index (χ2n) is 25.0. The van der Waals surface area contributed by atoms with Crippen LogP contribution in [-0.4, -0.2) is 117 Å². The molecule has 0 aromatic heterocycles. The number of nitrogens with one attached hydrogen (secondary N) is 5. The summed E-state index contributed by atoms with van der Waals surface area (Å²) in [5.41, 5.74) is 9.86. The minimum absolute atomic E-state index is 0.0635. The smallest absolute Gasteiger partial charge is 0.304 e. The zero-order chi connectivity index (χ0) is 62.7. The first-order valence-electron chi connectivity index (χ1n) is 29.9. The van der Waals surface area contributed by atoms with Crippen molar-refractivity contribution in [2.75, 3.05) is 6.54 Å². The van der Waals surface area contributed by atoms with Gasteiger partial charge in [-0.2, -0.15) is 0 Å². The minimum Gasteiger partial charge on any atom is -0.508 e. The molecule has 0 radical (unpaired) electrons. The van der Waals surface area contributed by atoms with E-state index < -0.39 is 113 Å². The van der Waals surface area contributed by atoms with E-state index in [1.165, 1.54) is 19.1 Å². The van der Waals surface area contributed by atoms with Gasteiger partial charge in [0.15, 0.2) is 17.3 Å². The highest BCUT2D eigenvalue weighted by atomic mass is 16.4. The summed E-state index contributed by atoms with van der Waals surface area (Å²) >= 11 is 0. The number of hydrogen-bond donors (Lipinski definition) is 9. The van der Waals surface area contributed by atoms with E-state index in [4.69, 9.17) is 11.5 Å². The first-order valence-corrected chi connectivity index (χ1v) is 29.9. The first-order chi connectivity index (χ1) is 38.2. The number of phenolic OH excluding ortho intramolecular Hbond substituents is 1. The third kappa shape index (κ3) is 26.3. The lowest BCUT2D eigenvalue weighted by Gasteiger charge is -2.35. The molecule has 0 aliphatic rings. The monoisotopic (exact) mass is 1150 g/mol. The van der Waals surface area contributed by atoms with E-state index in [1.807, 2.05) is 74.5 Å². The summed E-state index contributed by atoms with van der Waals surface area (Å²) in [7, 11) is 0. The summed E-state index contributed by atoms with van der Waals surface area (Å²) in [4.78, 5) is 135. The molecular formula is C63H105N7O12. The van der Waals surface area contributed by atoms with Crippen molar-refractivity contribution in [3.05, 3.63) is 42.0 Å². The van der Waals surface area contributed by atoms with Crippen LogP contribution in [0.1, 0.15) is 205 Å². The van der Waals surface area contributed by atoms with Crippen LogP contribution in [0.15, 0.2) is 36.4 Å². The summed E-state index contributed by atoms with van der Waals surface area (Å²) < 4.78 is 0. The molecule has 0 aliphatic carbocycles. The molecule has 1 rings (SSSR count). The van der Waals surface area contributed by atoms with Crippen LogP contribution in [-0.2, 0) is 54.4 Å². The zero-order valence-electron chi connectivity index (χ0n) is 52.1. The van der Waals surface area contributed by atoms with Crippen LogP contribution in [0.4, 0.5) is 0 Å². The Labute approximate surface area is 489 Å². The Balaban J connectivity index is 3.24. The second-order valence-corrected chi connectivity index (χ2v) is 25.0. The Morgan fingerprint density at radius 3 is 1.73 bits per heavy atom. The number of nitrogens with two attached hydrogens (primary N) is 2. The molecular weight excluding hydrogens is 1050 g/mol. The molecule has 11 N–H and O–H groups in total. The van der Waals surface area contributed by atoms with Crippen molar-refractivity contribution in [3.63, 3.8) is 0 Å². The van der Waals surface area contributed by atoms with Crippen LogP contribution in [0.5, 0.6) is 5.75 Å². The number of unbranched alkanes of at least 4 members (excludes halogenated alkanes) is 3. The van der Waals surface area contributed by atoms with Gasteiger partial charge < -0.3 is 53.1 Å². The van der Waals surface area contributed by atoms with Crippen LogP contribution >= 0.6 is 0 Å². The third-order valence-electron chi connectivity index (χ3n) is 15.5. The summed E-state index contributed by atoms with van der Waals surface area (Å²) in [6.07, 6.45) is 8.34. The molecule has 10 atom stereocenters. The molecule has 82 heavy (non-hydrogen) atoms. The average molecular weight is 1150 g/mol. The number of Topliss-reactive ketones (excluding diaryl/α,β-unsaturated/α-hetero) is 5. The van der Waals surface area contributed by atoms with Gasteiger partial charge in [0, 0.05) is 42.1 Å². The zero-order valence-corrected chi connectivity index (χ0v) is 52.1. The highest BCUT2D eigenvalue weighted by Gasteiger charge is 2.43. The molecule has 19 heteroatoms. The number of benzene rings is 1. The van der Waals surface area contributed by atoms with Crippen LogP contribution in [0, 0.1) is 34.5 Å². The van der Waals surface area contributed by atoms with Gasteiger partial charge in [0.25, 0.3) is 0 Å². The number of amides is 4. The quantitative estimate of drug-likeness (QED) is 0.0229. The lowest BCUT2D eigenvalue weighted by Crippen LogP contribution is -2.60. The number of carboxylic acid groups (broad SMARTS) is 1. The van der Waals surface area contributed by atoms with Crippen molar-refractivity contribution in [3.8, 4) is 5.75 Å². The maximum absolute atomic E-state index is 14.4. The maximum Gasteiger partial charge on any atom is 0.304 e. The van der Waals surface area contributed by atoms with Gasteiger partial charge in [-0.05, 0) is 134 Å². The number of allylic oxidation sites excluding steroid dienone is 2. The number of phenols is 1. The van der Waals surface area contributed by atoms with Crippen LogP contribution in [0.3, 0.4) is 0 Å². The Hall–Kier alpha value is -5.66. The SMILES string of the molecule is CC[C@H](C)[C@H](NC(=O)[C@](C)(CCC/C=C/CCC[C@](C)(CC(=O)[C@H](CCCCN)NC(=O)[C@@H](N)Cc1ccc(O)cc1)C(=O)C(C)(C)C)NC(C)C)C(=O)C[C@@H](CC(=O)O)C(=O)N[C@@H](CCC(C)=O)C(=O)N[C@H](C(=O)C(C)C)[C@@H](C)CC. The minimum atomic E-state index is -1.44. The summed E-state index contributed by atoms with van der Waals surface area (Å²) in [6.45, 7) is 25.4. The molecule has 0 bridgehead atoms. The standard InChI is InChI=1S/C63H105N7O12/c1-15-41(7)53(50(73)36-45(37-52(75)76)56(78)67-49(31-26-43(9)71)58(80)68-54(42(8)16-2)55(77)39(3)4)69-60(82)63(14,70-40(5)6)33-23-20-18-17-19-22-32-62(13,59(81)61(10,11)12)38-51(74)48(25-21-24-34-64)66-57(79)47(65)35-44-27-29-46(72)30-28-44/h17-18,27-30,39-42,45,47-49,53-54,70,72H,15-16,19-26,31-38,64-65H2,1-14H3,(H,66,79)(H,67,78)(H,68,80)(H,69,82)(H,75,76)/b18-17+/t41-,42-,45-,47-,48-,49-,53-,54-,62+,63-/m0/s1.